The van der Waals surface area contributed by atoms with E-state index in [9.17, 15) is 4.79 Å². The number of aromatic nitrogens is 2. The number of rotatable bonds is 4. The number of nitrogens with zero attached hydrogens (tertiary/aromatic N) is 3. The molecule has 0 aliphatic carbocycles. The van der Waals surface area contributed by atoms with Gasteiger partial charge in [-0.3, -0.25) is 5.32 Å². The molecule has 2 unspecified atom stereocenters. The summed E-state index contributed by atoms with van der Waals surface area (Å²) >= 11 is 0. The predicted octanol–water partition coefficient (Wildman–Crippen LogP) is 3.22. The zero-order valence-electron chi connectivity index (χ0n) is 13.9. The molecule has 0 spiro atoms. The number of nitrogens with one attached hydrogen (secondary N) is 1. The zero-order chi connectivity index (χ0) is 16.9. The van der Waals surface area contributed by atoms with Gasteiger partial charge in [0.05, 0.1) is 24.6 Å². The Morgan fingerprint density at radius 1 is 1.50 bits per heavy atom. The molecule has 0 bridgehead atoms. The minimum Gasteiger partial charge on any atom is -0.467 e. The van der Waals surface area contributed by atoms with Crippen molar-refractivity contribution >= 4 is 11.8 Å². The zero-order valence-corrected chi connectivity index (χ0v) is 13.9. The van der Waals surface area contributed by atoms with Gasteiger partial charge in [0.25, 0.3) is 0 Å². The fraction of sp³-hybridized carbons (Fsp3) is 0.471. The number of piperidine rings is 1. The highest BCUT2D eigenvalue weighted by atomic mass is 16.5. The Kier molecular flexibility index (Phi) is 5.10. The maximum absolute atomic E-state index is 12.7. The minimum absolute atomic E-state index is 0.0518. The predicted molar refractivity (Wildman–Crippen MR) is 88.3 cm³/mol. The number of methoxy groups -OCH3 is 1. The largest absolute Gasteiger partial charge is 0.467 e. The summed E-state index contributed by atoms with van der Waals surface area (Å²) in [5.74, 6) is 1.84. The topological polar surface area (TPSA) is 80.5 Å². The van der Waals surface area contributed by atoms with Gasteiger partial charge in [-0.1, -0.05) is 6.92 Å². The van der Waals surface area contributed by atoms with E-state index >= 15 is 0 Å². The highest BCUT2D eigenvalue weighted by Crippen LogP contribution is 2.34. The average molecular weight is 330 g/mol. The van der Waals surface area contributed by atoms with Gasteiger partial charge in [0.15, 0.2) is 0 Å². The number of furan rings is 1. The molecule has 7 nitrogen and oxygen atoms in total. The van der Waals surface area contributed by atoms with Gasteiger partial charge in [0, 0.05) is 19.7 Å². The molecule has 0 aromatic carbocycles. The average Bonchev–Trinajstić information content (AvgIpc) is 3.09. The first-order chi connectivity index (χ1) is 11.7. The molecule has 2 atom stereocenters. The molecule has 7 heteroatoms. The standard InChI is InChI=1S/C17H22N4O3/c1-12-5-6-21(14(8-12)15-4-3-7-24-15)17(22)20-16-9-13(10-23-2)18-11-19-16/h3-4,7,9,11-12,14H,5-6,8,10H2,1-2H3,(H,18,19,20,22). The Labute approximate surface area is 141 Å². The number of urea groups is 1. The first-order valence-electron chi connectivity index (χ1n) is 8.08. The summed E-state index contributed by atoms with van der Waals surface area (Å²) in [6.07, 6.45) is 4.93. The summed E-state index contributed by atoms with van der Waals surface area (Å²) in [6, 6.07) is 5.27. The van der Waals surface area contributed by atoms with E-state index in [2.05, 4.69) is 22.2 Å². The van der Waals surface area contributed by atoms with Crippen LogP contribution < -0.4 is 5.32 Å². The number of hydrogen-bond donors (Lipinski definition) is 1. The van der Waals surface area contributed by atoms with E-state index in [0.29, 0.717) is 24.9 Å². The van der Waals surface area contributed by atoms with Crippen molar-refractivity contribution in [3.05, 3.63) is 42.2 Å². The Hall–Kier alpha value is -2.41. The Bertz CT molecular complexity index is 674. The maximum atomic E-state index is 12.7. The van der Waals surface area contributed by atoms with Crippen molar-refractivity contribution in [3.8, 4) is 0 Å². The number of carbonyl (C=O) groups is 1. The normalized spacial score (nSPS) is 20.8. The lowest BCUT2D eigenvalue weighted by atomic mass is 9.91. The Balaban J connectivity index is 1.74. The van der Waals surface area contributed by atoms with E-state index in [1.165, 1.54) is 6.33 Å². The third-order valence-electron chi connectivity index (χ3n) is 4.25. The van der Waals surface area contributed by atoms with Crippen LogP contribution in [0.1, 0.15) is 37.3 Å². The molecule has 0 saturated carbocycles. The van der Waals surface area contributed by atoms with Crippen molar-refractivity contribution in [3.63, 3.8) is 0 Å². The molecule has 128 valence electrons. The van der Waals surface area contributed by atoms with E-state index in [4.69, 9.17) is 9.15 Å². The van der Waals surface area contributed by atoms with Crippen molar-refractivity contribution in [2.75, 3.05) is 19.0 Å². The fourth-order valence-corrected chi connectivity index (χ4v) is 3.01. The van der Waals surface area contributed by atoms with Gasteiger partial charge in [-0.25, -0.2) is 14.8 Å². The van der Waals surface area contributed by atoms with Crippen LogP contribution >= 0.6 is 0 Å². The lowest BCUT2D eigenvalue weighted by Gasteiger charge is -2.37. The van der Waals surface area contributed by atoms with Crippen LogP contribution in [0.15, 0.2) is 35.2 Å². The van der Waals surface area contributed by atoms with E-state index < -0.39 is 0 Å². The van der Waals surface area contributed by atoms with Crippen LogP contribution in [0.3, 0.4) is 0 Å². The number of hydrogen-bond acceptors (Lipinski definition) is 5. The lowest BCUT2D eigenvalue weighted by Crippen LogP contribution is -2.43. The second kappa shape index (κ2) is 7.44. The fourth-order valence-electron chi connectivity index (χ4n) is 3.01. The molecule has 2 aromatic rings. The second-order valence-corrected chi connectivity index (χ2v) is 6.11. The van der Waals surface area contributed by atoms with Crippen LogP contribution in [0.5, 0.6) is 0 Å². The molecule has 2 aromatic heterocycles. The van der Waals surface area contributed by atoms with E-state index in [0.717, 1.165) is 24.3 Å². The van der Waals surface area contributed by atoms with E-state index in [1.807, 2.05) is 17.0 Å². The van der Waals surface area contributed by atoms with Crippen molar-refractivity contribution < 1.29 is 13.9 Å². The first kappa shape index (κ1) is 16.4. The van der Waals surface area contributed by atoms with Crippen LogP contribution in [0.25, 0.3) is 0 Å². The summed E-state index contributed by atoms with van der Waals surface area (Å²) < 4.78 is 10.6. The molecule has 0 radical (unpaired) electrons. The number of anilines is 1. The molecule has 1 N–H and O–H groups in total. The van der Waals surface area contributed by atoms with Crippen LogP contribution in [0, 0.1) is 5.92 Å². The Morgan fingerprint density at radius 2 is 2.38 bits per heavy atom. The molecular formula is C17H22N4O3. The number of amides is 2. The van der Waals surface area contributed by atoms with E-state index in [1.54, 1.807) is 19.4 Å². The quantitative estimate of drug-likeness (QED) is 0.931. The molecular weight excluding hydrogens is 308 g/mol. The molecule has 3 heterocycles. The van der Waals surface area contributed by atoms with Gasteiger partial charge in [-0.05, 0) is 30.9 Å². The smallest absolute Gasteiger partial charge is 0.323 e. The van der Waals surface area contributed by atoms with Gasteiger partial charge in [-0.2, -0.15) is 0 Å². The van der Waals surface area contributed by atoms with Crippen molar-refractivity contribution in [2.45, 2.75) is 32.4 Å². The van der Waals surface area contributed by atoms with Crippen LogP contribution in [0.4, 0.5) is 10.6 Å². The lowest BCUT2D eigenvalue weighted by molar-refractivity contribution is 0.129. The molecule has 1 saturated heterocycles. The number of likely N-dealkylation sites (tertiary alicyclic amines) is 1. The molecule has 1 aliphatic heterocycles. The summed E-state index contributed by atoms with van der Waals surface area (Å²) in [5, 5.41) is 2.86. The third kappa shape index (κ3) is 3.73. The van der Waals surface area contributed by atoms with Gasteiger partial charge in [-0.15, -0.1) is 0 Å². The maximum Gasteiger partial charge on any atom is 0.323 e. The minimum atomic E-state index is -0.176. The third-order valence-corrected chi connectivity index (χ3v) is 4.25. The van der Waals surface area contributed by atoms with Crippen molar-refractivity contribution in [1.29, 1.82) is 0 Å². The second-order valence-electron chi connectivity index (χ2n) is 6.11. The number of ether oxygens (including phenoxy) is 1. The molecule has 1 fully saturated rings. The Morgan fingerprint density at radius 3 is 3.12 bits per heavy atom. The molecule has 24 heavy (non-hydrogen) atoms. The van der Waals surface area contributed by atoms with Gasteiger partial charge in [0.1, 0.15) is 17.9 Å². The summed E-state index contributed by atoms with van der Waals surface area (Å²) in [5.41, 5.74) is 0.720. The first-order valence-corrected chi connectivity index (χ1v) is 8.08. The van der Waals surface area contributed by atoms with E-state index in [-0.39, 0.29) is 12.1 Å². The number of carbonyl (C=O) groups excluding carboxylic acids is 1. The van der Waals surface area contributed by atoms with Gasteiger partial charge < -0.3 is 14.1 Å². The van der Waals surface area contributed by atoms with Gasteiger partial charge in [0.2, 0.25) is 0 Å². The van der Waals surface area contributed by atoms with Crippen molar-refractivity contribution in [1.82, 2.24) is 14.9 Å². The summed E-state index contributed by atoms with van der Waals surface area (Å²) in [6.45, 7) is 3.27. The monoisotopic (exact) mass is 330 g/mol. The summed E-state index contributed by atoms with van der Waals surface area (Å²) in [4.78, 5) is 22.8. The highest BCUT2D eigenvalue weighted by Gasteiger charge is 2.32. The van der Waals surface area contributed by atoms with Crippen molar-refractivity contribution in [2.24, 2.45) is 5.92 Å². The molecule has 1 aliphatic rings. The van der Waals surface area contributed by atoms with Gasteiger partial charge >= 0.3 is 6.03 Å². The highest BCUT2D eigenvalue weighted by molar-refractivity contribution is 5.88. The van der Waals surface area contributed by atoms with Crippen LogP contribution in [-0.2, 0) is 11.3 Å². The molecule has 2 amide bonds. The SMILES string of the molecule is COCc1cc(NC(=O)N2CCC(C)CC2c2ccco2)ncn1. The van der Waals surface area contributed by atoms with Crippen LogP contribution in [-0.4, -0.2) is 34.6 Å². The summed E-state index contributed by atoms with van der Waals surface area (Å²) in [7, 11) is 1.60. The van der Waals surface area contributed by atoms with Crippen LogP contribution in [0.2, 0.25) is 0 Å². The molecule has 3 rings (SSSR count).